The number of hydrogen-bond acceptors (Lipinski definition) is 4. The van der Waals surface area contributed by atoms with Crippen LogP contribution in [0.15, 0.2) is 43.1 Å². The molecule has 143 valence electrons. The number of nitrogens with zero attached hydrogens (tertiary/aromatic N) is 2. The average Bonchev–Trinajstić information content (AvgIpc) is 2.66. The number of fused-ring (bicyclic) bond motifs is 4. The monoisotopic (exact) mass is 419 g/mol. The molecular formula is C20H25ClCoN2O2. The molecule has 1 N–H and O–H groups in total. The molecule has 0 saturated carbocycles. The summed E-state index contributed by atoms with van der Waals surface area (Å²) < 4.78 is 5.35. The summed E-state index contributed by atoms with van der Waals surface area (Å²) in [5.74, 6) is 2.01. The fourth-order valence-corrected chi connectivity index (χ4v) is 4.44. The number of aromatic nitrogens is 1. The molecule has 2 aromatic rings. The Hall–Kier alpha value is -1.11. The maximum atomic E-state index is 11.2. The van der Waals surface area contributed by atoms with Gasteiger partial charge in [-0.05, 0) is 61.1 Å². The molecule has 1 aromatic heterocycles. The van der Waals surface area contributed by atoms with Crippen LogP contribution in [-0.2, 0) is 16.8 Å². The molecule has 0 amide bonds. The maximum Gasteiger partial charge on any atom is 0.119 e. The normalized spacial score (nSPS) is 27.9. The fraction of sp³-hybridized carbons (Fsp3) is 0.450. The quantitative estimate of drug-likeness (QED) is 0.769. The van der Waals surface area contributed by atoms with E-state index in [4.69, 9.17) is 4.74 Å². The number of halogens is 1. The van der Waals surface area contributed by atoms with Crippen LogP contribution in [0.25, 0.3) is 10.9 Å². The van der Waals surface area contributed by atoms with E-state index in [1.165, 1.54) is 6.42 Å². The van der Waals surface area contributed by atoms with Crippen molar-refractivity contribution in [3.63, 3.8) is 0 Å². The number of hydrogen-bond donors (Lipinski definition) is 1. The van der Waals surface area contributed by atoms with Crippen LogP contribution in [-0.4, -0.2) is 41.2 Å². The Labute approximate surface area is 171 Å². The summed E-state index contributed by atoms with van der Waals surface area (Å²) in [7, 11) is 1.66. The predicted octanol–water partition coefficient (Wildman–Crippen LogP) is 3.59. The Morgan fingerprint density at radius 3 is 2.85 bits per heavy atom. The molecule has 6 heteroatoms. The molecule has 1 aromatic carbocycles. The van der Waals surface area contributed by atoms with Gasteiger partial charge in [0, 0.05) is 40.9 Å². The largest absolute Gasteiger partial charge is 0.497 e. The number of piperidine rings is 3. The molecule has 1 radical (unpaired) electrons. The van der Waals surface area contributed by atoms with Crippen molar-refractivity contribution in [2.24, 2.45) is 11.8 Å². The Morgan fingerprint density at radius 2 is 2.19 bits per heavy atom. The first-order valence-corrected chi connectivity index (χ1v) is 8.68. The molecule has 26 heavy (non-hydrogen) atoms. The molecule has 3 fully saturated rings. The van der Waals surface area contributed by atoms with Gasteiger partial charge in [-0.2, -0.15) is 0 Å². The van der Waals surface area contributed by atoms with Crippen LogP contribution in [0, 0.1) is 11.8 Å². The number of benzene rings is 1. The van der Waals surface area contributed by atoms with Crippen molar-refractivity contribution < 1.29 is 26.6 Å². The third kappa shape index (κ3) is 3.64. The first kappa shape index (κ1) is 21.2. The molecule has 5 rings (SSSR count). The van der Waals surface area contributed by atoms with E-state index in [1.807, 2.05) is 24.3 Å². The third-order valence-corrected chi connectivity index (χ3v) is 5.82. The molecule has 3 saturated heterocycles. The molecular weight excluding hydrogens is 395 g/mol. The SMILES string of the molecule is C=C[C@H]1CN2CC[C@H]1C[C@H]2[C@H](O)c1ccnc2ccc(OC)cc12.Cl.[Co]. The Morgan fingerprint density at radius 1 is 1.38 bits per heavy atom. The van der Waals surface area contributed by atoms with Crippen molar-refractivity contribution in [3.05, 3.63) is 48.7 Å². The van der Waals surface area contributed by atoms with Crippen molar-refractivity contribution in [1.29, 1.82) is 0 Å². The summed E-state index contributed by atoms with van der Waals surface area (Å²) in [4.78, 5) is 6.86. The molecule has 3 aliphatic heterocycles. The second-order valence-corrected chi connectivity index (χ2v) is 6.97. The Balaban J connectivity index is 0.00000121. The molecule has 5 atom stereocenters. The van der Waals surface area contributed by atoms with Crippen LogP contribution in [0.4, 0.5) is 0 Å². The van der Waals surface area contributed by atoms with Crippen molar-refractivity contribution in [3.8, 4) is 5.75 Å². The number of aliphatic hydroxyl groups is 1. The van der Waals surface area contributed by atoms with E-state index in [0.717, 1.165) is 41.7 Å². The van der Waals surface area contributed by atoms with Crippen LogP contribution in [0.3, 0.4) is 0 Å². The minimum Gasteiger partial charge on any atom is -0.497 e. The average molecular weight is 420 g/mol. The van der Waals surface area contributed by atoms with Crippen molar-refractivity contribution >= 4 is 23.3 Å². The van der Waals surface area contributed by atoms with E-state index in [9.17, 15) is 5.11 Å². The van der Waals surface area contributed by atoms with Gasteiger partial charge in [0.15, 0.2) is 0 Å². The zero-order valence-corrected chi connectivity index (χ0v) is 16.7. The maximum absolute atomic E-state index is 11.2. The summed E-state index contributed by atoms with van der Waals surface area (Å²) in [6.45, 7) is 6.07. The smallest absolute Gasteiger partial charge is 0.119 e. The van der Waals surface area contributed by atoms with Crippen molar-refractivity contribution in [2.75, 3.05) is 20.2 Å². The van der Waals surface area contributed by atoms with Gasteiger partial charge in [-0.1, -0.05) is 6.08 Å². The number of methoxy groups -OCH3 is 1. The van der Waals surface area contributed by atoms with Gasteiger partial charge in [0.2, 0.25) is 0 Å². The van der Waals surface area contributed by atoms with Gasteiger partial charge >= 0.3 is 0 Å². The van der Waals surface area contributed by atoms with E-state index in [2.05, 4.69) is 22.5 Å². The van der Waals surface area contributed by atoms with Crippen LogP contribution >= 0.6 is 12.4 Å². The Bertz CT molecular complexity index is 773. The third-order valence-electron chi connectivity index (χ3n) is 5.82. The molecule has 4 nitrogen and oxygen atoms in total. The summed E-state index contributed by atoms with van der Waals surface area (Å²) in [5.41, 5.74) is 1.85. The number of ether oxygens (including phenoxy) is 1. The van der Waals surface area contributed by atoms with Gasteiger partial charge in [-0.3, -0.25) is 9.88 Å². The minimum absolute atomic E-state index is 0. The van der Waals surface area contributed by atoms with E-state index < -0.39 is 6.10 Å². The van der Waals surface area contributed by atoms with Gasteiger partial charge in [-0.25, -0.2) is 0 Å². The van der Waals surface area contributed by atoms with Crippen LogP contribution in [0.2, 0.25) is 0 Å². The van der Waals surface area contributed by atoms with Crippen molar-refractivity contribution in [1.82, 2.24) is 9.88 Å². The van der Waals surface area contributed by atoms with Gasteiger partial charge < -0.3 is 9.84 Å². The van der Waals surface area contributed by atoms with E-state index in [1.54, 1.807) is 13.3 Å². The van der Waals surface area contributed by atoms with Crippen LogP contribution in [0.5, 0.6) is 5.75 Å². The van der Waals surface area contributed by atoms with Gasteiger partial charge in [0.1, 0.15) is 5.75 Å². The van der Waals surface area contributed by atoms with Crippen LogP contribution in [0.1, 0.15) is 24.5 Å². The standard InChI is InChI=1S/C20H24N2O2.ClH.Co/c1-3-13-12-22-9-7-14(13)10-19(22)20(23)16-6-8-21-18-5-4-15(24-2)11-17(16)18;;/h3-6,8,11,13-14,19-20,23H,1,7,9-10,12H2,2H3;1H;/t13-,14-,19-,20+;;/m0../s1. The first-order valence-electron chi connectivity index (χ1n) is 8.68. The molecule has 1 unspecified atom stereocenters. The van der Waals surface area contributed by atoms with Crippen LogP contribution < -0.4 is 4.74 Å². The zero-order valence-electron chi connectivity index (χ0n) is 14.8. The zero-order chi connectivity index (χ0) is 16.7. The summed E-state index contributed by atoms with van der Waals surface area (Å²) in [5, 5.41) is 12.1. The minimum atomic E-state index is -0.504. The predicted molar refractivity (Wildman–Crippen MR) is 102 cm³/mol. The first-order chi connectivity index (χ1) is 11.7. The second kappa shape index (κ2) is 8.72. The summed E-state index contributed by atoms with van der Waals surface area (Å²) in [6.07, 6.45) is 5.62. The van der Waals surface area contributed by atoms with E-state index in [-0.39, 0.29) is 35.2 Å². The summed E-state index contributed by atoms with van der Waals surface area (Å²) in [6, 6.07) is 7.96. The Kier molecular flexibility index (Phi) is 7.10. The van der Waals surface area contributed by atoms with Gasteiger partial charge in [0.25, 0.3) is 0 Å². The van der Waals surface area contributed by atoms with Gasteiger partial charge in [-0.15, -0.1) is 19.0 Å². The molecule has 2 bridgehead atoms. The molecule has 3 aliphatic rings. The van der Waals surface area contributed by atoms with Crippen molar-refractivity contribution in [2.45, 2.75) is 25.0 Å². The number of aliphatic hydroxyl groups excluding tert-OH is 1. The number of rotatable bonds is 4. The molecule has 0 aliphatic carbocycles. The summed E-state index contributed by atoms with van der Waals surface area (Å²) >= 11 is 0. The van der Waals surface area contributed by atoms with Gasteiger partial charge in [0.05, 0.1) is 18.7 Å². The molecule has 0 spiro atoms. The van der Waals surface area contributed by atoms with E-state index >= 15 is 0 Å². The topological polar surface area (TPSA) is 45.6 Å². The fourth-order valence-electron chi connectivity index (χ4n) is 4.44. The second-order valence-electron chi connectivity index (χ2n) is 6.97. The number of pyridine rings is 1. The van der Waals surface area contributed by atoms with E-state index in [0.29, 0.717) is 11.8 Å². The molecule has 4 heterocycles.